The smallest absolute Gasteiger partial charge is 0.300 e. The summed E-state index contributed by atoms with van der Waals surface area (Å²) in [5, 5.41) is 8.32. The Morgan fingerprint density at radius 1 is 1.00 bits per heavy atom. The SMILES string of the molecule is Cc1ccc(-n2ccn3c(CCC(=O)N4CCc5ccccc5C4)nnc3c2=O)cc1C. The molecular formula is C25H25N5O2. The molecule has 0 N–H and O–H groups in total. The summed E-state index contributed by atoms with van der Waals surface area (Å²) in [7, 11) is 0. The fraction of sp³-hybridized carbons (Fsp3) is 0.280. The number of carbonyl (C=O) groups is 1. The maximum Gasteiger partial charge on any atom is 0.300 e. The van der Waals surface area contributed by atoms with Gasteiger partial charge >= 0.3 is 5.56 Å². The lowest BCUT2D eigenvalue weighted by Crippen LogP contribution is -2.36. The van der Waals surface area contributed by atoms with Gasteiger partial charge in [-0.1, -0.05) is 30.3 Å². The molecule has 3 heterocycles. The quantitative estimate of drug-likeness (QED) is 0.502. The number of hydrogen-bond acceptors (Lipinski definition) is 4. The normalized spacial score (nSPS) is 13.4. The highest BCUT2D eigenvalue weighted by Crippen LogP contribution is 2.19. The summed E-state index contributed by atoms with van der Waals surface area (Å²) in [4.78, 5) is 27.7. The standard InChI is InChI=1S/C25H25N5O2/c1-17-7-8-21(15-18(17)2)29-13-14-30-22(26-27-24(30)25(29)32)9-10-23(31)28-12-11-19-5-3-4-6-20(19)16-28/h3-8,13-15H,9-12,16H2,1-2H3. The van der Waals surface area contributed by atoms with Crippen LogP contribution in [0.4, 0.5) is 0 Å². The number of hydrogen-bond donors (Lipinski definition) is 0. The number of aryl methyl sites for hydroxylation is 3. The molecule has 5 rings (SSSR count). The minimum Gasteiger partial charge on any atom is -0.338 e. The van der Waals surface area contributed by atoms with Gasteiger partial charge in [-0.3, -0.25) is 18.6 Å². The lowest BCUT2D eigenvalue weighted by molar-refractivity contribution is -0.132. The van der Waals surface area contributed by atoms with Crippen LogP contribution in [0.3, 0.4) is 0 Å². The summed E-state index contributed by atoms with van der Waals surface area (Å²) in [5.41, 5.74) is 5.66. The van der Waals surface area contributed by atoms with Gasteiger partial charge in [0, 0.05) is 44.0 Å². The van der Waals surface area contributed by atoms with Crippen LogP contribution in [-0.4, -0.2) is 36.5 Å². The van der Waals surface area contributed by atoms with Gasteiger partial charge in [0.2, 0.25) is 11.6 Å². The molecule has 7 heteroatoms. The molecule has 0 unspecified atom stereocenters. The second-order valence-electron chi connectivity index (χ2n) is 8.39. The average molecular weight is 428 g/mol. The van der Waals surface area contributed by atoms with Crippen molar-refractivity contribution in [1.82, 2.24) is 24.1 Å². The number of amides is 1. The van der Waals surface area contributed by atoms with Gasteiger partial charge in [0.05, 0.1) is 0 Å². The number of carbonyl (C=O) groups excluding carboxylic acids is 1. The van der Waals surface area contributed by atoms with Gasteiger partial charge in [0.15, 0.2) is 0 Å². The molecule has 162 valence electrons. The number of nitrogens with zero attached hydrogens (tertiary/aromatic N) is 5. The summed E-state index contributed by atoms with van der Waals surface area (Å²) >= 11 is 0. The Hall–Kier alpha value is -3.74. The van der Waals surface area contributed by atoms with E-state index in [1.807, 2.05) is 49.1 Å². The molecule has 0 atom stereocenters. The highest BCUT2D eigenvalue weighted by atomic mass is 16.2. The minimum atomic E-state index is -0.228. The summed E-state index contributed by atoms with van der Waals surface area (Å²) in [6.07, 6.45) is 5.18. The molecular weight excluding hydrogens is 402 g/mol. The van der Waals surface area contributed by atoms with E-state index in [0.29, 0.717) is 25.2 Å². The van der Waals surface area contributed by atoms with Gasteiger partial charge in [-0.15, -0.1) is 10.2 Å². The fourth-order valence-corrected chi connectivity index (χ4v) is 4.27. The summed E-state index contributed by atoms with van der Waals surface area (Å²) in [6, 6.07) is 14.2. The summed E-state index contributed by atoms with van der Waals surface area (Å²) in [5.74, 6) is 0.717. The molecule has 2 aromatic heterocycles. The Labute approximate surface area is 185 Å². The molecule has 0 saturated carbocycles. The van der Waals surface area contributed by atoms with Crippen molar-refractivity contribution in [2.24, 2.45) is 0 Å². The van der Waals surface area contributed by atoms with Crippen LogP contribution in [0.2, 0.25) is 0 Å². The van der Waals surface area contributed by atoms with E-state index in [1.165, 1.54) is 16.7 Å². The average Bonchev–Trinajstić information content (AvgIpc) is 3.23. The van der Waals surface area contributed by atoms with Crippen LogP contribution in [0.15, 0.2) is 59.7 Å². The van der Waals surface area contributed by atoms with E-state index in [9.17, 15) is 9.59 Å². The Bertz CT molecular complexity index is 1380. The van der Waals surface area contributed by atoms with E-state index in [2.05, 4.69) is 22.3 Å². The van der Waals surface area contributed by atoms with E-state index >= 15 is 0 Å². The van der Waals surface area contributed by atoms with Crippen LogP contribution < -0.4 is 5.56 Å². The lowest BCUT2D eigenvalue weighted by atomic mass is 9.99. The van der Waals surface area contributed by atoms with E-state index in [-0.39, 0.29) is 17.1 Å². The first-order chi connectivity index (χ1) is 15.5. The van der Waals surface area contributed by atoms with Crippen molar-refractivity contribution >= 4 is 11.6 Å². The molecule has 2 aromatic carbocycles. The van der Waals surface area contributed by atoms with E-state index in [1.54, 1.807) is 21.4 Å². The molecule has 32 heavy (non-hydrogen) atoms. The maximum absolute atomic E-state index is 13.0. The Morgan fingerprint density at radius 3 is 2.62 bits per heavy atom. The molecule has 1 aliphatic heterocycles. The van der Waals surface area contributed by atoms with Crippen LogP contribution in [0, 0.1) is 13.8 Å². The highest BCUT2D eigenvalue weighted by molar-refractivity contribution is 5.76. The van der Waals surface area contributed by atoms with E-state index < -0.39 is 0 Å². The maximum atomic E-state index is 13.0. The monoisotopic (exact) mass is 427 g/mol. The number of fused-ring (bicyclic) bond motifs is 2. The van der Waals surface area contributed by atoms with Crippen LogP contribution in [0.25, 0.3) is 11.3 Å². The molecule has 0 saturated heterocycles. The third-order valence-corrected chi connectivity index (χ3v) is 6.36. The molecule has 0 radical (unpaired) electrons. The Kier molecular flexibility index (Phi) is 5.09. The Balaban J connectivity index is 1.33. The van der Waals surface area contributed by atoms with Gasteiger partial charge in [0.25, 0.3) is 0 Å². The minimum absolute atomic E-state index is 0.0970. The number of benzene rings is 2. The first kappa shape index (κ1) is 20.2. The molecule has 0 bridgehead atoms. The van der Waals surface area contributed by atoms with Gasteiger partial charge in [-0.2, -0.15) is 0 Å². The first-order valence-electron chi connectivity index (χ1n) is 10.9. The molecule has 0 fully saturated rings. The largest absolute Gasteiger partial charge is 0.338 e. The van der Waals surface area contributed by atoms with Crippen LogP contribution in [0.5, 0.6) is 0 Å². The lowest BCUT2D eigenvalue weighted by Gasteiger charge is -2.28. The second kappa shape index (κ2) is 8.07. The summed E-state index contributed by atoms with van der Waals surface area (Å²) < 4.78 is 3.27. The van der Waals surface area contributed by atoms with Crippen molar-refractivity contribution in [3.8, 4) is 5.69 Å². The van der Waals surface area contributed by atoms with Crippen molar-refractivity contribution in [3.05, 3.63) is 93.3 Å². The molecule has 1 aliphatic rings. The predicted octanol–water partition coefficient (Wildman–Crippen LogP) is 3.01. The molecule has 4 aromatic rings. The second-order valence-corrected chi connectivity index (χ2v) is 8.39. The van der Waals surface area contributed by atoms with E-state index in [0.717, 1.165) is 24.2 Å². The van der Waals surface area contributed by atoms with Gasteiger partial charge in [0.1, 0.15) is 5.82 Å². The highest BCUT2D eigenvalue weighted by Gasteiger charge is 2.21. The van der Waals surface area contributed by atoms with E-state index in [4.69, 9.17) is 0 Å². The topological polar surface area (TPSA) is 72.5 Å². The van der Waals surface area contributed by atoms with Crippen molar-refractivity contribution in [2.75, 3.05) is 6.54 Å². The van der Waals surface area contributed by atoms with Crippen molar-refractivity contribution in [1.29, 1.82) is 0 Å². The zero-order chi connectivity index (χ0) is 22.2. The van der Waals surface area contributed by atoms with Crippen LogP contribution >= 0.6 is 0 Å². The van der Waals surface area contributed by atoms with Crippen molar-refractivity contribution < 1.29 is 4.79 Å². The zero-order valence-electron chi connectivity index (χ0n) is 18.3. The van der Waals surface area contributed by atoms with Gasteiger partial charge in [-0.25, -0.2) is 0 Å². The first-order valence-corrected chi connectivity index (χ1v) is 10.9. The van der Waals surface area contributed by atoms with Crippen molar-refractivity contribution in [3.63, 3.8) is 0 Å². The molecule has 0 aliphatic carbocycles. The fourth-order valence-electron chi connectivity index (χ4n) is 4.27. The molecule has 1 amide bonds. The summed E-state index contributed by atoms with van der Waals surface area (Å²) in [6.45, 7) is 5.45. The number of aromatic nitrogens is 4. The molecule has 0 spiro atoms. The van der Waals surface area contributed by atoms with Gasteiger partial charge < -0.3 is 4.90 Å². The Morgan fingerprint density at radius 2 is 1.81 bits per heavy atom. The van der Waals surface area contributed by atoms with Crippen molar-refractivity contribution in [2.45, 2.75) is 39.7 Å². The third-order valence-electron chi connectivity index (χ3n) is 6.36. The number of rotatable bonds is 4. The molecule has 7 nitrogen and oxygen atoms in total. The zero-order valence-corrected chi connectivity index (χ0v) is 18.3. The van der Waals surface area contributed by atoms with Crippen LogP contribution in [0.1, 0.15) is 34.5 Å². The van der Waals surface area contributed by atoms with Gasteiger partial charge in [-0.05, 0) is 54.7 Å². The third kappa shape index (κ3) is 3.60. The predicted molar refractivity (Wildman–Crippen MR) is 122 cm³/mol. The van der Waals surface area contributed by atoms with Crippen LogP contribution in [-0.2, 0) is 24.2 Å².